The maximum absolute atomic E-state index is 11.9. The maximum Gasteiger partial charge on any atom is 0.136 e. The van der Waals surface area contributed by atoms with E-state index in [0.717, 1.165) is 42.9 Å². The number of anilines is 1. The predicted molar refractivity (Wildman–Crippen MR) is 172 cm³/mol. The number of benzene rings is 1. The summed E-state index contributed by atoms with van der Waals surface area (Å²) < 4.78 is 13.1. The number of hydrogen-bond acceptors (Lipinski definition) is 5. The average Bonchev–Trinajstić information content (AvgIpc) is 3.35. The zero-order chi connectivity index (χ0) is 30.6. The van der Waals surface area contributed by atoms with Crippen LogP contribution in [-0.2, 0) is 26.2 Å². The molecule has 3 rings (SSSR count). The third kappa shape index (κ3) is 13.7. The standard InChI is InChI=1S/C19H28N2O2.C16H27NO/c1-14(2)19(22)11-16-6-5-7-17(10-16)18-12-20-21(13-18)8-9-23-15(3)4;1-15(2,3)13-7-9-14(10-8-13)17-11-12-18-16(4,5)6/h5,7,10,12-16H,6,8-9,11H2,1-4H3;7-10,17H,11-12H2,1-6H3. The van der Waals surface area contributed by atoms with Crippen molar-refractivity contribution in [2.75, 3.05) is 25.1 Å². The Morgan fingerprint density at radius 1 is 1.05 bits per heavy atom. The third-order valence-electron chi connectivity index (χ3n) is 6.71. The van der Waals surface area contributed by atoms with Gasteiger partial charge in [-0.05, 0) is 75.6 Å². The lowest BCUT2D eigenvalue weighted by molar-refractivity contribution is -0.122. The highest BCUT2D eigenvalue weighted by Gasteiger charge is 2.17. The van der Waals surface area contributed by atoms with E-state index in [1.165, 1.54) is 5.56 Å². The molecule has 0 aliphatic heterocycles. The number of nitrogens with one attached hydrogen (secondary N) is 1. The summed E-state index contributed by atoms with van der Waals surface area (Å²) in [4.78, 5) is 11.9. The van der Waals surface area contributed by atoms with Crippen LogP contribution >= 0.6 is 0 Å². The number of ether oxygens (including phenoxy) is 2. The number of carbonyl (C=O) groups is 1. The molecule has 1 aromatic carbocycles. The Bertz CT molecular complexity index is 1110. The van der Waals surface area contributed by atoms with Crippen molar-refractivity contribution in [2.45, 2.75) is 106 Å². The fourth-order valence-corrected chi connectivity index (χ4v) is 4.23. The lowest BCUT2D eigenvalue weighted by atomic mass is 9.87. The molecule has 0 amide bonds. The summed E-state index contributed by atoms with van der Waals surface area (Å²) in [6.07, 6.45) is 12.3. The van der Waals surface area contributed by atoms with E-state index >= 15 is 0 Å². The van der Waals surface area contributed by atoms with Crippen molar-refractivity contribution in [3.05, 3.63) is 66.0 Å². The molecule has 1 aliphatic carbocycles. The minimum atomic E-state index is -0.0578. The van der Waals surface area contributed by atoms with Crippen molar-refractivity contribution in [1.29, 1.82) is 0 Å². The molecule has 1 atom stereocenters. The summed E-state index contributed by atoms with van der Waals surface area (Å²) in [6.45, 7) is 23.9. The maximum atomic E-state index is 11.9. The van der Waals surface area contributed by atoms with Gasteiger partial charge in [0.05, 0.1) is 37.7 Å². The van der Waals surface area contributed by atoms with E-state index in [1.54, 1.807) is 0 Å². The Morgan fingerprint density at radius 2 is 1.73 bits per heavy atom. The molecule has 6 heteroatoms. The fraction of sp³-hybridized carbons (Fsp3) is 0.600. The molecule has 1 aliphatic rings. The number of nitrogens with zero attached hydrogens (tertiary/aromatic N) is 2. The largest absolute Gasteiger partial charge is 0.383 e. The summed E-state index contributed by atoms with van der Waals surface area (Å²) in [5, 5.41) is 7.77. The first-order valence-electron chi connectivity index (χ1n) is 15.2. The number of hydrogen-bond donors (Lipinski definition) is 1. The van der Waals surface area contributed by atoms with Gasteiger partial charge >= 0.3 is 0 Å². The molecule has 0 fully saturated rings. The van der Waals surface area contributed by atoms with Crippen LogP contribution in [0.25, 0.3) is 5.57 Å². The highest BCUT2D eigenvalue weighted by atomic mass is 16.5. The first kappa shape index (κ1) is 34.5. The van der Waals surface area contributed by atoms with E-state index in [4.69, 9.17) is 9.47 Å². The van der Waals surface area contributed by atoms with Crippen LogP contribution in [-0.4, -0.2) is 47.0 Å². The summed E-state index contributed by atoms with van der Waals surface area (Å²) in [7, 11) is 0. The Balaban J connectivity index is 0.000000296. The van der Waals surface area contributed by atoms with Crippen LogP contribution in [0.3, 0.4) is 0 Å². The third-order valence-corrected chi connectivity index (χ3v) is 6.71. The first-order valence-corrected chi connectivity index (χ1v) is 15.2. The summed E-state index contributed by atoms with van der Waals surface area (Å²) in [5.41, 5.74) is 4.94. The number of allylic oxidation sites excluding steroid dienone is 4. The van der Waals surface area contributed by atoms with Crippen LogP contribution < -0.4 is 5.32 Å². The van der Waals surface area contributed by atoms with Gasteiger partial charge in [0.2, 0.25) is 0 Å². The van der Waals surface area contributed by atoms with Crippen LogP contribution in [0.4, 0.5) is 5.69 Å². The van der Waals surface area contributed by atoms with Gasteiger partial charge < -0.3 is 14.8 Å². The first-order chi connectivity index (χ1) is 19.1. The molecular weight excluding hydrogens is 510 g/mol. The van der Waals surface area contributed by atoms with E-state index in [2.05, 4.69) is 94.5 Å². The molecule has 6 nitrogen and oxygen atoms in total. The highest BCUT2D eigenvalue weighted by Crippen LogP contribution is 2.27. The molecule has 1 aromatic heterocycles. The van der Waals surface area contributed by atoms with Gasteiger partial charge in [0.25, 0.3) is 0 Å². The molecule has 0 spiro atoms. The van der Waals surface area contributed by atoms with Crippen LogP contribution in [0, 0.1) is 11.8 Å². The Hall–Kier alpha value is -2.70. The smallest absolute Gasteiger partial charge is 0.136 e. The topological polar surface area (TPSA) is 65.4 Å². The minimum Gasteiger partial charge on any atom is -0.383 e. The Kier molecular flexibility index (Phi) is 13.5. The van der Waals surface area contributed by atoms with Gasteiger partial charge in [0.15, 0.2) is 0 Å². The van der Waals surface area contributed by atoms with Crippen molar-refractivity contribution < 1.29 is 14.3 Å². The average molecular weight is 566 g/mol. The van der Waals surface area contributed by atoms with E-state index in [0.29, 0.717) is 24.7 Å². The molecule has 1 heterocycles. The zero-order valence-electron chi connectivity index (χ0n) is 27.3. The molecule has 41 heavy (non-hydrogen) atoms. The number of Topliss-reactive ketones (excluding diaryl/α,β-unsaturated/α-hetero) is 1. The molecule has 1 N–H and O–H groups in total. The Morgan fingerprint density at radius 3 is 2.32 bits per heavy atom. The Labute approximate surface area is 249 Å². The molecule has 0 radical (unpaired) electrons. The minimum absolute atomic E-state index is 0.0578. The summed E-state index contributed by atoms with van der Waals surface area (Å²) in [6, 6.07) is 8.65. The van der Waals surface area contributed by atoms with E-state index in [9.17, 15) is 4.79 Å². The van der Waals surface area contributed by atoms with Crippen LogP contribution in [0.15, 0.2) is 54.9 Å². The van der Waals surface area contributed by atoms with Crippen molar-refractivity contribution in [1.82, 2.24) is 9.78 Å². The van der Waals surface area contributed by atoms with Crippen molar-refractivity contribution in [2.24, 2.45) is 11.8 Å². The van der Waals surface area contributed by atoms with Gasteiger partial charge in [-0.25, -0.2) is 0 Å². The molecule has 1 unspecified atom stereocenters. The summed E-state index contributed by atoms with van der Waals surface area (Å²) in [5.74, 6) is 0.751. The van der Waals surface area contributed by atoms with Crippen molar-refractivity contribution in [3.8, 4) is 0 Å². The molecule has 228 valence electrons. The normalized spacial score (nSPS) is 15.5. The van der Waals surface area contributed by atoms with Crippen molar-refractivity contribution >= 4 is 17.0 Å². The van der Waals surface area contributed by atoms with Gasteiger partial charge in [0, 0.05) is 36.3 Å². The molecule has 2 aromatic rings. The van der Waals surface area contributed by atoms with Gasteiger partial charge in [-0.2, -0.15) is 5.10 Å². The van der Waals surface area contributed by atoms with Crippen LogP contribution in [0.5, 0.6) is 0 Å². The summed E-state index contributed by atoms with van der Waals surface area (Å²) >= 11 is 0. The monoisotopic (exact) mass is 565 g/mol. The van der Waals surface area contributed by atoms with E-state index < -0.39 is 0 Å². The quantitative estimate of drug-likeness (QED) is 0.264. The zero-order valence-corrected chi connectivity index (χ0v) is 27.3. The fourth-order valence-electron chi connectivity index (χ4n) is 4.23. The lowest BCUT2D eigenvalue weighted by Crippen LogP contribution is -2.23. The second kappa shape index (κ2) is 16.1. The van der Waals surface area contributed by atoms with Crippen LogP contribution in [0.1, 0.15) is 93.2 Å². The lowest BCUT2D eigenvalue weighted by Gasteiger charge is -2.21. The predicted octanol–water partition coefficient (Wildman–Crippen LogP) is 8.09. The number of aromatic nitrogens is 2. The number of ketones is 1. The van der Waals surface area contributed by atoms with Crippen molar-refractivity contribution in [3.63, 3.8) is 0 Å². The van der Waals surface area contributed by atoms with E-state index in [-0.39, 0.29) is 23.0 Å². The molecule has 0 saturated heterocycles. The second-order valence-corrected chi connectivity index (χ2v) is 13.5. The SMILES string of the molecule is CC(C)(C)OCCNc1ccc(C(C)(C)C)cc1.CC(C)OCCn1cc(C2=CC(CC(=O)C(C)C)CC=C2)cn1. The van der Waals surface area contributed by atoms with Gasteiger partial charge in [-0.1, -0.05) is 65.0 Å². The highest BCUT2D eigenvalue weighted by molar-refractivity contribution is 5.82. The molecule has 0 bridgehead atoms. The van der Waals surface area contributed by atoms with Crippen LogP contribution in [0.2, 0.25) is 0 Å². The number of carbonyl (C=O) groups excluding carboxylic acids is 1. The van der Waals surface area contributed by atoms with Gasteiger partial charge in [0.1, 0.15) is 5.78 Å². The molecular formula is C35H55N3O3. The van der Waals surface area contributed by atoms with Gasteiger partial charge in [-0.3, -0.25) is 9.48 Å². The number of rotatable bonds is 12. The van der Waals surface area contributed by atoms with E-state index in [1.807, 2.05) is 44.8 Å². The van der Waals surface area contributed by atoms with Gasteiger partial charge in [-0.15, -0.1) is 0 Å². The molecule has 0 saturated carbocycles. The second-order valence-electron chi connectivity index (χ2n) is 13.5.